The van der Waals surface area contributed by atoms with Crippen LogP contribution in [0.3, 0.4) is 0 Å². The van der Waals surface area contributed by atoms with Crippen LogP contribution >= 0.6 is 0 Å². The molecule has 0 spiro atoms. The van der Waals surface area contributed by atoms with Crippen LogP contribution in [-0.4, -0.2) is 52.7 Å². The van der Waals surface area contributed by atoms with E-state index in [1.54, 1.807) is 4.90 Å². The van der Waals surface area contributed by atoms with Crippen LogP contribution in [0.4, 0.5) is 11.4 Å². The average Bonchev–Trinajstić information content (AvgIpc) is 3.14. The molecule has 32 heavy (non-hydrogen) atoms. The number of amides is 1. The number of fused-ring (bicyclic) bond motifs is 3. The predicted molar refractivity (Wildman–Crippen MR) is 129 cm³/mol. The van der Waals surface area contributed by atoms with E-state index in [9.17, 15) is 4.79 Å². The highest BCUT2D eigenvalue weighted by atomic mass is 16.2. The summed E-state index contributed by atoms with van der Waals surface area (Å²) < 4.78 is 0. The lowest BCUT2D eigenvalue weighted by molar-refractivity contribution is -1.02. The topological polar surface area (TPSA) is 41.2 Å². The van der Waals surface area contributed by atoms with Gasteiger partial charge in [-0.05, 0) is 35.4 Å². The van der Waals surface area contributed by atoms with Crippen LogP contribution in [0.15, 0.2) is 72.8 Å². The van der Waals surface area contributed by atoms with Crippen molar-refractivity contribution >= 4 is 17.3 Å². The van der Waals surface area contributed by atoms with E-state index >= 15 is 0 Å². The molecular weight excluding hydrogens is 396 g/mol. The summed E-state index contributed by atoms with van der Waals surface area (Å²) in [6.45, 7) is 4.72. The second-order valence-electron chi connectivity index (χ2n) is 9.18. The van der Waals surface area contributed by atoms with Gasteiger partial charge in [0.1, 0.15) is 32.2 Å². The van der Waals surface area contributed by atoms with E-state index in [-0.39, 0.29) is 5.91 Å². The van der Waals surface area contributed by atoms with Gasteiger partial charge in [-0.15, -0.1) is 0 Å². The number of hydrogen-bond donors (Lipinski definition) is 3. The van der Waals surface area contributed by atoms with Gasteiger partial charge in [-0.25, -0.2) is 0 Å². The smallest absolute Gasteiger partial charge is 0.279 e. The quantitative estimate of drug-likeness (QED) is 0.573. The normalized spacial score (nSPS) is 19.8. The van der Waals surface area contributed by atoms with Crippen molar-refractivity contribution in [3.63, 3.8) is 0 Å². The number of nitrogens with one attached hydrogen (secondary N) is 3. The van der Waals surface area contributed by atoms with E-state index in [2.05, 4.69) is 58.7 Å². The third kappa shape index (κ3) is 4.01. The van der Waals surface area contributed by atoms with Crippen molar-refractivity contribution in [3.05, 3.63) is 83.9 Å². The van der Waals surface area contributed by atoms with Gasteiger partial charge in [0.15, 0.2) is 6.54 Å². The van der Waals surface area contributed by atoms with Crippen LogP contribution in [0, 0.1) is 0 Å². The number of piperazine rings is 1. The van der Waals surface area contributed by atoms with Crippen LogP contribution in [-0.2, 0) is 4.79 Å². The highest BCUT2D eigenvalue weighted by molar-refractivity contribution is 5.91. The zero-order chi connectivity index (χ0) is 22.1. The standard InChI is InChI=1S/C27H30N4O/c1-29(2)21-13-11-20(12-14-21)28-26(32)19-30-15-17-31(18-16-30)27-24-9-5-3-7-22(24)23-8-4-6-10-25(23)27/h3-14,27H,15-19H2,1-2H3,(H,28,32)/p+2. The number of anilines is 2. The maximum Gasteiger partial charge on any atom is 0.279 e. The third-order valence-electron chi connectivity index (χ3n) is 6.92. The van der Waals surface area contributed by atoms with E-state index in [0.717, 1.165) is 37.6 Å². The zero-order valence-electron chi connectivity index (χ0n) is 18.9. The molecule has 1 heterocycles. The Morgan fingerprint density at radius 3 is 1.97 bits per heavy atom. The summed E-state index contributed by atoms with van der Waals surface area (Å²) in [5.41, 5.74) is 7.66. The van der Waals surface area contributed by atoms with E-state index in [0.29, 0.717) is 12.6 Å². The van der Waals surface area contributed by atoms with E-state index in [4.69, 9.17) is 0 Å². The Morgan fingerprint density at radius 2 is 1.41 bits per heavy atom. The number of quaternary nitrogens is 2. The predicted octanol–water partition coefficient (Wildman–Crippen LogP) is 1.24. The maximum atomic E-state index is 12.6. The lowest BCUT2D eigenvalue weighted by atomic mass is 10.0. The Bertz CT molecular complexity index is 1060. The lowest BCUT2D eigenvalue weighted by Gasteiger charge is -2.33. The molecule has 1 aliphatic carbocycles. The molecule has 0 saturated carbocycles. The molecule has 5 nitrogen and oxygen atoms in total. The summed E-state index contributed by atoms with van der Waals surface area (Å²) in [5.74, 6) is 0.0950. The van der Waals surface area contributed by atoms with Crippen LogP contribution in [0.2, 0.25) is 0 Å². The lowest BCUT2D eigenvalue weighted by Crippen LogP contribution is -3.28. The molecule has 2 aliphatic rings. The van der Waals surface area contributed by atoms with Crippen molar-refractivity contribution in [2.24, 2.45) is 0 Å². The third-order valence-corrected chi connectivity index (χ3v) is 6.92. The fraction of sp³-hybridized carbons (Fsp3) is 0.296. The molecule has 3 N–H and O–H groups in total. The first kappa shape index (κ1) is 20.7. The monoisotopic (exact) mass is 428 g/mol. The molecule has 0 unspecified atom stereocenters. The van der Waals surface area contributed by atoms with Gasteiger partial charge in [0.2, 0.25) is 0 Å². The highest BCUT2D eigenvalue weighted by Gasteiger charge is 2.38. The molecule has 0 bridgehead atoms. The maximum absolute atomic E-state index is 12.6. The summed E-state index contributed by atoms with van der Waals surface area (Å²) in [6.07, 6.45) is 0. The Kier molecular flexibility index (Phi) is 5.68. The van der Waals surface area contributed by atoms with E-state index < -0.39 is 0 Å². The largest absolute Gasteiger partial charge is 0.378 e. The van der Waals surface area contributed by atoms with Crippen molar-refractivity contribution < 1.29 is 14.6 Å². The van der Waals surface area contributed by atoms with Gasteiger partial charge in [-0.2, -0.15) is 0 Å². The van der Waals surface area contributed by atoms with Crippen molar-refractivity contribution in [3.8, 4) is 11.1 Å². The minimum absolute atomic E-state index is 0.0950. The zero-order valence-corrected chi connectivity index (χ0v) is 18.9. The van der Waals surface area contributed by atoms with Gasteiger partial charge in [-0.3, -0.25) is 4.79 Å². The molecule has 3 aromatic carbocycles. The van der Waals surface area contributed by atoms with E-state index in [1.165, 1.54) is 27.2 Å². The summed E-state index contributed by atoms with van der Waals surface area (Å²) in [4.78, 5) is 17.7. The fourth-order valence-electron chi connectivity index (χ4n) is 5.26. The molecule has 1 amide bonds. The summed E-state index contributed by atoms with van der Waals surface area (Å²) >= 11 is 0. The molecule has 1 fully saturated rings. The molecule has 164 valence electrons. The average molecular weight is 429 g/mol. The van der Waals surface area contributed by atoms with Gasteiger partial charge in [0, 0.05) is 36.6 Å². The van der Waals surface area contributed by atoms with Crippen molar-refractivity contribution in [1.29, 1.82) is 0 Å². The molecule has 0 atom stereocenters. The summed E-state index contributed by atoms with van der Waals surface area (Å²) in [7, 11) is 4.03. The number of rotatable bonds is 5. The Hall–Kier alpha value is -3.15. The first-order chi connectivity index (χ1) is 15.6. The molecule has 3 aromatic rings. The van der Waals surface area contributed by atoms with Gasteiger partial charge in [0.25, 0.3) is 5.91 Å². The van der Waals surface area contributed by atoms with Crippen molar-refractivity contribution in [2.45, 2.75) is 6.04 Å². The van der Waals surface area contributed by atoms with Gasteiger partial charge in [0.05, 0.1) is 0 Å². The minimum atomic E-state index is 0.0950. The highest BCUT2D eigenvalue weighted by Crippen LogP contribution is 2.41. The number of nitrogens with zero attached hydrogens (tertiary/aromatic N) is 1. The molecule has 1 aliphatic heterocycles. The molecule has 5 heteroatoms. The minimum Gasteiger partial charge on any atom is -0.378 e. The Labute approximate surface area is 190 Å². The van der Waals surface area contributed by atoms with Crippen molar-refractivity contribution in [1.82, 2.24) is 0 Å². The van der Waals surface area contributed by atoms with Crippen LogP contribution in [0.1, 0.15) is 17.2 Å². The van der Waals surface area contributed by atoms with Crippen LogP contribution in [0.25, 0.3) is 11.1 Å². The molecule has 0 radical (unpaired) electrons. The second kappa shape index (κ2) is 8.77. The summed E-state index contributed by atoms with van der Waals surface area (Å²) in [5, 5.41) is 3.06. The van der Waals surface area contributed by atoms with Gasteiger partial charge < -0.3 is 20.0 Å². The number of benzene rings is 3. The second-order valence-corrected chi connectivity index (χ2v) is 9.18. The van der Waals surface area contributed by atoms with Gasteiger partial charge >= 0.3 is 0 Å². The number of carbonyl (C=O) groups is 1. The first-order valence-corrected chi connectivity index (χ1v) is 11.5. The van der Waals surface area contributed by atoms with Crippen LogP contribution < -0.4 is 20.0 Å². The summed E-state index contributed by atoms with van der Waals surface area (Å²) in [6, 6.07) is 26.1. The molecular formula is C27H32N4O+2. The van der Waals surface area contributed by atoms with Crippen molar-refractivity contribution in [2.75, 3.05) is 57.0 Å². The van der Waals surface area contributed by atoms with Gasteiger partial charge in [-0.1, -0.05) is 48.5 Å². The molecule has 5 rings (SSSR count). The molecule has 1 saturated heterocycles. The Balaban J connectivity index is 1.20. The number of hydrogen-bond acceptors (Lipinski definition) is 2. The van der Waals surface area contributed by atoms with E-state index in [1.807, 2.05) is 38.4 Å². The van der Waals surface area contributed by atoms with Crippen LogP contribution in [0.5, 0.6) is 0 Å². The first-order valence-electron chi connectivity index (χ1n) is 11.5. The number of carbonyl (C=O) groups excluding carboxylic acids is 1. The Morgan fingerprint density at radius 1 is 0.844 bits per heavy atom. The molecule has 0 aromatic heterocycles. The fourth-order valence-corrected chi connectivity index (χ4v) is 5.26. The SMILES string of the molecule is CN(C)c1ccc(NC(=O)C[NH+]2CC[NH+](C3c4ccccc4-c4ccccc43)CC2)cc1.